The Bertz CT molecular complexity index is 424. The van der Waals surface area contributed by atoms with E-state index in [2.05, 4.69) is 36.2 Å². The second kappa shape index (κ2) is 4.60. The van der Waals surface area contributed by atoms with Crippen molar-refractivity contribution in [3.8, 4) is 0 Å². The Morgan fingerprint density at radius 2 is 2.07 bits per heavy atom. The summed E-state index contributed by atoms with van der Waals surface area (Å²) in [5.74, 6) is 0. The van der Waals surface area contributed by atoms with Crippen LogP contribution in [0.2, 0.25) is 0 Å². The molecule has 0 fully saturated rings. The first-order valence-corrected chi connectivity index (χ1v) is 4.89. The quantitative estimate of drug-likeness (QED) is 0.739. The van der Waals surface area contributed by atoms with Crippen LogP contribution in [-0.2, 0) is 6.54 Å². The summed E-state index contributed by atoms with van der Waals surface area (Å²) in [6.07, 6.45) is 9.36. The topological polar surface area (TPSA) is 17.8 Å². The zero-order valence-electron chi connectivity index (χ0n) is 8.50. The van der Waals surface area contributed by atoms with Crippen molar-refractivity contribution in [2.24, 2.45) is 0 Å². The van der Waals surface area contributed by atoms with Gasteiger partial charge in [0.25, 0.3) is 0 Å². The van der Waals surface area contributed by atoms with Gasteiger partial charge < -0.3 is 4.57 Å². The Hall–Kier alpha value is -1.83. The van der Waals surface area contributed by atoms with Gasteiger partial charge in [0.2, 0.25) is 0 Å². The van der Waals surface area contributed by atoms with Gasteiger partial charge in [-0.05, 0) is 18.1 Å². The number of rotatable bonds is 3. The third-order valence-corrected chi connectivity index (χ3v) is 2.21. The van der Waals surface area contributed by atoms with Gasteiger partial charge in [0.1, 0.15) is 0 Å². The van der Waals surface area contributed by atoms with Crippen molar-refractivity contribution in [3.05, 3.63) is 67.1 Å². The van der Waals surface area contributed by atoms with Gasteiger partial charge in [-0.15, -0.1) is 0 Å². The maximum Gasteiger partial charge on any atom is 0.0949 e. The van der Waals surface area contributed by atoms with Crippen LogP contribution < -0.4 is 0 Å². The number of hydrogen-bond acceptors (Lipinski definition) is 1. The molecule has 0 aliphatic rings. The van der Waals surface area contributed by atoms with Crippen molar-refractivity contribution in [3.63, 3.8) is 0 Å². The van der Waals surface area contributed by atoms with E-state index in [4.69, 9.17) is 0 Å². The van der Waals surface area contributed by atoms with Crippen LogP contribution in [0.1, 0.15) is 11.1 Å². The highest BCUT2D eigenvalue weighted by Gasteiger charge is 1.93. The van der Waals surface area contributed by atoms with E-state index in [0.29, 0.717) is 0 Å². The largest absolute Gasteiger partial charge is 0.333 e. The van der Waals surface area contributed by atoms with Gasteiger partial charge in [-0.1, -0.05) is 36.4 Å². The van der Waals surface area contributed by atoms with Crippen LogP contribution in [-0.4, -0.2) is 9.55 Å². The predicted octanol–water partition coefficient (Wildman–Crippen LogP) is 2.78. The summed E-state index contributed by atoms with van der Waals surface area (Å²) >= 11 is 0. The molecule has 2 aromatic rings. The maximum absolute atomic E-state index is 4.01. The van der Waals surface area contributed by atoms with Gasteiger partial charge in [0.15, 0.2) is 0 Å². The number of benzene rings is 1. The van der Waals surface area contributed by atoms with Crippen molar-refractivity contribution >= 4 is 6.08 Å². The van der Waals surface area contributed by atoms with E-state index < -0.39 is 0 Å². The highest BCUT2D eigenvalue weighted by atomic mass is 15.0. The minimum absolute atomic E-state index is 0.869. The molecule has 0 saturated carbocycles. The zero-order valence-corrected chi connectivity index (χ0v) is 8.50. The fraction of sp³-hybridized carbons (Fsp3) is 0.0769. The first-order chi connectivity index (χ1) is 7.38. The number of allylic oxidation sites excluding steroid dienone is 1. The van der Waals surface area contributed by atoms with Gasteiger partial charge in [0, 0.05) is 18.9 Å². The van der Waals surface area contributed by atoms with E-state index in [1.165, 1.54) is 11.1 Å². The summed E-state index contributed by atoms with van der Waals surface area (Å²) in [5, 5.41) is 0. The molecule has 1 radical (unpaired) electrons. The maximum atomic E-state index is 4.01. The molecule has 2 rings (SSSR count). The van der Waals surface area contributed by atoms with E-state index in [9.17, 15) is 0 Å². The second-order valence-corrected chi connectivity index (χ2v) is 3.38. The van der Waals surface area contributed by atoms with Crippen LogP contribution in [0, 0.1) is 6.92 Å². The first-order valence-electron chi connectivity index (χ1n) is 4.89. The minimum atomic E-state index is 0.869. The van der Waals surface area contributed by atoms with Crippen molar-refractivity contribution in [2.45, 2.75) is 6.54 Å². The zero-order chi connectivity index (χ0) is 10.5. The Kier molecular flexibility index (Phi) is 2.98. The van der Waals surface area contributed by atoms with Crippen LogP contribution in [0.15, 0.2) is 49.1 Å². The van der Waals surface area contributed by atoms with Crippen LogP contribution in [0.5, 0.6) is 0 Å². The lowest BCUT2D eigenvalue weighted by Crippen LogP contribution is -1.95. The third kappa shape index (κ3) is 2.56. The van der Waals surface area contributed by atoms with Gasteiger partial charge in [-0.2, -0.15) is 0 Å². The fourth-order valence-corrected chi connectivity index (χ4v) is 1.46. The molecule has 0 aliphatic carbocycles. The molecule has 0 unspecified atom stereocenters. The normalized spacial score (nSPS) is 11.0. The van der Waals surface area contributed by atoms with Gasteiger partial charge in [-0.3, -0.25) is 0 Å². The molecule has 0 aliphatic heterocycles. The number of nitrogens with zero attached hydrogens (tertiary/aromatic N) is 2. The Morgan fingerprint density at radius 3 is 2.67 bits per heavy atom. The lowest BCUT2D eigenvalue weighted by atomic mass is 10.1. The standard InChI is InChI=1S/C13H13N2/c1-2-3-12-4-6-13(7-5-12)10-15-9-8-14-11-15/h2-9,11H,1,10H2/b3-2-. The Labute approximate surface area is 89.9 Å². The molecule has 2 nitrogen and oxygen atoms in total. The highest BCUT2D eigenvalue weighted by molar-refractivity contribution is 5.50. The minimum Gasteiger partial charge on any atom is -0.333 e. The van der Waals surface area contributed by atoms with Crippen molar-refractivity contribution < 1.29 is 0 Å². The van der Waals surface area contributed by atoms with E-state index in [-0.39, 0.29) is 0 Å². The molecule has 0 N–H and O–H groups in total. The van der Waals surface area contributed by atoms with E-state index >= 15 is 0 Å². The molecule has 75 valence electrons. The molecule has 0 saturated heterocycles. The summed E-state index contributed by atoms with van der Waals surface area (Å²) in [6, 6.07) is 8.42. The van der Waals surface area contributed by atoms with Gasteiger partial charge in [-0.25, -0.2) is 4.98 Å². The molecule has 0 spiro atoms. The monoisotopic (exact) mass is 197 g/mol. The van der Waals surface area contributed by atoms with Gasteiger partial charge >= 0.3 is 0 Å². The first kappa shape index (κ1) is 9.71. The summed E-state index contributed by atoms with van der Waals surface area (Å²) < 4.78 is 2.05. The molecule has 0 amide bonds. The summed E-state index contributed by atoms with van der Waals surface area (Å²) in [5.41, 5.74) is 2.45. The van der Waals surface area contributed by atoms with Crippen molar-refractivity contribution in [1.29, 1.82) is 0 Å². The predicted molar refractivity (Wildman–Crippen MR) is 62.2 cm³/mol. The van der Waals surface area contributed by atoms with E-state index in [1.807, 2.05) is 23.2 Å². The van der Waals surface area contributed by atoms with E-state index in [0.717, 1.165) is 6.54 Å². The average Bonchev–Trinajstić information content (AvgIpc) is 2.74. The molecular weight excluding hydrogens is 184 g/mol. The molecule has 1 heterocycles. The Morgan fingerprint density at radius 1 is 1.27 bits per heavy atom. The molecule has 1 aromatic carbocycles. The molecule has 0 atom stereocenters. The smallest absolute Gasteiger partial charge is 0.0949 e. The number of imidazole rings is 1. The number of aromatic nitrogens is 2. The van der Waals surface area contributed by atoms with Crippen LogP contribution >= 0.6 is 0 Å². The van der Waals surface area contributed by atoms with Crippen LogP contribution in [0.4, 0.5) is 0 Å². The molecule has 2 heteroatoms. The Balaban J connectivity index is 2.10. The lowest BCUT2D eigenvalue weighted by Gasteiger charge is -2.02. The van der Waals surface area contributed by atoms with Gasteiger partial charge in [0.05, 0.1) is 6.33 Å². The summed E-state index contributed by atoms with van der Waals surface area (Å²) in [7, 11) is 0. The van der Waals surface area contributed by atoms with E-state index in [1.54, 1.807) is 12.3 Å². The summed E-state index contributed by atoms with van der Waals surface area (Å²) in [6.45, 7) is 4.54. The van der Waals surface area contributed by atoms with Crippen LogP contribution in [0.3, 0.4) is 0 Å². The third-order valence-electron chi connectivity index (χ3n) is 2.21. The average molecular weight is 197 g/mol. The number of hydrogen-bond donors (Lipinski definition) is 0. The lowest BCUT2D eigenvalue weighted by molar-refractivity contribution is 0.797. The molecule has 15 heavy (non-hydrogen) atoms. The summed E-state index contributed by atoms with van der Waals surface area (Å²) in [4.78, 5) is 4.01. The fourth-order valence-electron chi connectivity index (χ4n) is 1.46. The SMILES string of the molecule is [CH2]/C=C\c1ccc(Cn2ccnc2)cc1. The molecular formula is C13H13N2. The highest BCUT2D eigenvalue weighted by Crippen LogP contribution is 2.07. The van der Waals surface area contributed by atoms with Crippen LogP contribution in [0.25, 0.3) is 6.08 Å². The van der Waals surface area contributed by atoms with Crippen molar-refractivity contribution in [2.75, 3.05) is 0 Å². The molecule has 0 bridgehead atoms. The second-order valence-electron chi connectivity index (χ2n) is 3.38. The molecule has 1 aromatic heterocycles. The van der Waals surface area contributed by atoms with Crippen molar-refractivity contribution in [1.82, 2.24) is 9.55 Å².